The first-order chi connectivity index (χ1) is 9.77. The number of rotatable bonds is 16. The molecule has 0 bridgehead atoms. The van der Waals surface area contributed by atoms with Gasteiger partial charge in [-0.1, -0.05) is 70.6 Å². The van der Waals surface area contributed by atoms with Crippen LogP contribution in [0.2, 0.25) is 0 Å². The normalized spacial score (nSPS) is 10.6. The summed E-state index contributed by atoms with van der Waals surface area (Å²) in [4.78, 5) is 20.4. The standard InChI is InChI=1S/C17H32O3/c18-16-14-12-10-8-6-4-2-1-3-5-7-9-11-13-15-17(19)20/h16H,1-15H2,(H,19,20). The van der Waals surface area contributed by atoms with Gasteiger partial charge in [0.1, 0.15) is 6.29 Å². The second-order valence-electron chi connectivity index (χ2n) is 5.70. The number of hydrogen-bond acceptors (Lipinski definition) is 2. The van der Waals surface area contributed by atoms with Crippen molar-refractivity contribution in [3.05, 3.63) is 0 Å². The average Bonchev–Trinajstić information content (AvgIpc) is 2.43. The molecule has 0 unspecified atom stereocenters. The van der Waals surface area contributed by atoms with Gasteiger partial charge >= 0.3 is 5.97 Å². The Hall–Kier alpha value is -0.860. The van der Waals surface area contributed by atoms with Gasteiger partial charge in [-0.2, -0.15) is 0 Å². The summed E-state index contributed by atoms with van der Waals surface area (Å²) in [6.07, 6.45) is 17.9. The first-order valence-corrected chi connectivity index (χ1v) is 8.43. The van der Waals surface area contributed by atoms with Crippen molar-refractivity contribution >= 4 is 12.3 Å². The fraction of sp³-hybridized carbons (Fsp3) is 0.882. The van der Waals surface area contributed by atoms with Crippen LogP contribution in [0.4, 0.5) is 0 Å². The molecule has 0 atom stereocenters. The third-order valence-corrected chi connectivity index (χ3v) is 3.71. The van der Waals surface area contributed by atoms with Crippen molar-refractivity contribution in [2.75, 3.05) is 0 Å². The molecule has 0 aromatic rings. The molecule has 3 nitrogen and oxygen atoms in total. The number of carboxylic acids is 1. The van der Waals surface area contributed by atoms with Gasteiger partial charge in [0.15, 0.2) is 0 Å². The van der Waals surface area contributed by atoms with Gasteiger partial charge in [-0.3, -0.25) is 4.79 Å². The molecule has 0 heterocycles. The lowest BCUT2D eigenvalue weighted by molar-refractivity contribution is -0.137. The molecule has 0 aromatic heterocycles. The van der Waals surface area contributed by atoms with Crippen LogP contribution in [0.3, 0.4) is 0 Å². The number of carboxylic acid groups (broad SMARTS) is 1. The summed E-state index contributed by atoms with van der Waals surface area (Å²) in [6.45, 7) is 0. The number of carbonyl (C=O) groups excluding carboxylic acids is 1. The Morgan fingerprint density at radius 3 is 1.35 bits per heavy atom. The van der Waals surface area contributed by atoms with E-state index in [1.165, 1.54) is 64.2 Å². The summed E-state index contributed by atoms with van der Waals surface area (Å²) in [7, 11) is 0. The molecule has 20 heavy (non-hydrogen) atoms. The smallest absolute Gasteiger partial charge is 0.303 e. The summed E-state index contributed by atoms with van der Waals surface area (Å²) in [6, 6.07) is 0. The van der Waals surface area contributed by atoms with Crippen LogP contribution in [0.5, 0.6) is 0 Å². The van der Waals surface area contributed by atoms with Crippen LogP contribution in [0.1, 0.15) is 96.3 Å². The van der Waals surface area contributed by atoms with Crippen LogP contribution in [0.15, 0.2) is 0 Å². The molecular formula is C17H32O3. The van der Waals surface area contributed by atoms with E-state index in [2.05, 4.69) is 0 Å². The molecule has 0 rings (SSSR count). The molecule has 0 aromatic carbocycles. The molecule has 0 fully saturated rings. The van der Waals surface area contributed by atoms with Crippen molar-refractivity contribution in [3.8, 4) is 0 Å². The summed E-state index contributed by atoms with van der Waals surface area (Å²) in [5, 5.41) is 8.50. The molecule has 0 aliphatic rings. The molecule has 0 aliphatic carbocycles. The van der Waals surface area contributed by atoms with Crippen LogP contribution in [0, 0.1) is 0 Å². The maximum Gasteiger partial charge on any atom is 0.303 e. The highest BCUT2D eigenvalue weighted by atomic mass is 16.4. The zero-order valence-corrected chi connectivity index (χ0v) is 12.9. The number of carbonyl (C=O) groups is 2. The van der Waals surface area contributed by atoms with E-state index in [1.54, 1.807) is 0 Å². The van der Waals surface area contributed by atoms with E-state index in [0.717, 1.165) is 32.0 Å². The lowest BCUT2D eigenvalue weighted by Gasteiger charge is -2.02. The molecular weight excluding hydrogens is 252 g/mol. The van der Waals surface area contributed by atoms with E-state index >= 15 is 0 Å². The predicted octanol–water partition coefficient (Wildman–Crippen LogP) is 5.12. The maximum atomic E-state index is 10.3. The zero-order valence-electron chi connectivity index (χ0n) is 12.9. The lowest BCUT2D eigenvalue weighted by atomic mass is 10.0. The van der Waals surface area contributed by atoms with E-state index in [1.807, 2.05) is 0 Å². The highest BCUT2D eigenvalue weighted by Crippen LogP contribution is 2.13. The Labute approximate surface area is 124 Å². The van der Waals surface area contributed by atoms with Crippen molar-refractivity contribution < 1.29 is 14.7 Å². The number of unbranched alkanes of at least 4 members (excludes halogenated alkanes) is 13. The van der Waals surface area contributed by atoms with Crippen LogP contribution in [0.25, 0.3) is 0 Å². The SMILES string of the molecule is O=CCCCCCCCCCCCCCCCC(=O)O. The quantitative estimate of drug-likeness (QED) is 0.316. The van der Waals surface area contributed by atoms with Gasteiger partial charge in [0, 0.05) is 12.8 Å². The van der Waals surface area contributed by atoms with Crippen LogP contribution >= 0.6 is 0 Å². The summed E-state index contributed by atoms with van der Waals surface area (Å²) >= 11 is 0. The molecule has 3 heteroatoms. The van der Waals surface area contributed by atoms with Crippen molar-refractivity contribution in [1.82, 2.24) is 0 Å². The molecule has 0 radical (unpaired) electrons. The van der Waals surface area contributed by atoms with E-state index in [0.29, 0.717) is 6.42 Å². The minimum Gasteiger partial charge on any atom is -0.481 e. The summed E-state index contributed by atoms with van der Waals surface area (Å²) in [5.74, 6) is -0.670. The molecule has 0 amide bonds. The third kappa shape index (κ3) is 17.1. The average molecular weight is 284 g/mol. The lowest BCUT2D eigenvalue weighted by Crippen LogP contribution is -1.93. The van der Waals surface area contributed by atoms with Gasteiger partial charge in [0.2, 0.25) is 0 Å². The van der Waals surface area contributed by atoms with E-state index in [-0.39, 0.29) is 0 Å². The topological polar surface area (TPSA) is 54.4 Å². The fourth-order valence-corrected chi connectivity index (χ4v) is 2.45. The third-order valence-electron chi connectivity index (χ3n) is 3.71. The summed E-state index contributed by atoms with van der Waals surface area (Å²) in [5.41, 5.74) is 0. The Morgan fingerprint density at radius 1 is 0.650 bits per heavy atom. The molecule has 0 saturated carbocycles. The molecule has 0 saturated heterocycles. The second kappa shape index (κ2) is 16.2. The highest BCUT2D eigenvalue weighted by molar-refractivity contribution is 5.66. The predicted molar refractivity (Wildman–Crippen MR) is 83.0 cm³/mol. The fourth-order valence-electron chi connectivity index (χ4n) is 2.45. The van der Waals surface area contributed by atoms with Gasteiger partial charge in [0.25, 0.3) is 0 Å². The summed E-state index contributed by atoms with van der Waals surface area (Å²) < 4.78 is 0. The highest BCUT2D eigenvalue weighted by Gasteiger charge is 1.97. The van der Waals surface area contributed by atoms with E-state index < -0.39 is 5.97 Å². The molecule has 0 spiro atoms. The van der Waals surface area contributed by atoms with Crippen molar-refractivity contribution in [2.45, 2.75) is 96.3 Å². The largest absolute Gasteiger partial charge is 0.481 e. The first-order valence-electron chi connectivity index (χ1n) is 8.43. The minimum atomic E-state index is -0.670. The Morgan fingerprint density at radius 2 is 1.00 bits per heavy atom. The minimum absolute atomic E-state index is 0.326. The molecule has 1 N–H and O–H groups in total. The Balaban J connectivity index is 2.95. The molecule has 118 valence electrons. The van der Waals surface area contributed by atoms with Gasteiger partial charge in [-0.25, -0.2) is 0 Å². The van der Waals surface area contributed by atoms with E-state index in [4.69, 9.17) is 5.11 Å². The van der Waals surface area contributed by atoms with Crippen LogP contribution < -0.4 is 0 Å². The zero-order chi connectivity index (χ0) is 14.9. The Kier molecular flexibility index (Phi) is 15.5. The number of aldehydes is 1. The second-order valence-corrected chi connectivity index (χ2v) is 5.70. The van der Waals surface area contributed by atoms with Gasteiger partial charge in [-0.05, 0) is 12.8 Å². The maximum absolute atomic E-state index is 10.3. The van der Waals surface area contributed by atoms with Gasteiger partial charge < -0.3 is 9.90 Å². The van der Waals surface area contributed by atoms with Gasteiger partial charge in [0.05, 0.1) is 0 Å². The van der Waals surface area contributed by atoms with Crippen molar-refractivity contribution in [1.29, 1.82) is 0 Å². The number of hydrogen-bond donors (Lipinski definition) is 1. The molecule has 0 aliphatic heterocycles. The van der Waals surface area contributed by atoms with Crippen molar-refractivity contribution in [2.24, 2.45) is 0 Å². The van der Waals surface area contributed by atoms with Crippen LogP contribution in [-0.2, 0) is 9.59 Å². The van der Waals surface area contributed by atoms with E-state index in [9.17, 15) is 9.59 Å². The monoisotopic (exact) mass is 284 g/mol. The van der Waals surface area contributed by atoms with Gasteiger partial charge in [-0.15, -0.1) is 0 Å². The van der Waals surface area contributed by atoms with Crippen LogP contribution in [-0.4, -0.2) is 17.4 Å². The Bertz CT molecular complexity index is 226. The first kappa shape index (κ1) is 19.1. The van der Waals surface area contributed by atoms with Crippen molar-refractivity contribution in [3.63, 3.8) is 0 Å². The number of aliphatic carboxylic acids is 1.